The van der Waals surface area contributed by atoms with E-state index >= 15 is 0 Å². The highest BCUT2D eigenvalue weighted by Crippen LogP contribution is 2.27. The molecule has 0 atom stereocenters. The Balaban J connectivity index is 1.72. The van der Waals surface area contributed by atoms with Crippen molar-refractivity contribution in [1.29, 1.82) is 0 Å². The number of rotatable bonds is 4. The Morgan fingerprint density at radius 3 is 2.20 bits per heavy atom. The summed E-state index contributed by atoms with van der Waals surface area (Å²) in [7, 11) is -5.31. The summed E-state index contributed by atoms with van der Waals surface area (Å²) in [5.74, 6) is 0. The lowest BCUT2D eigenvalue weighted by atomic mass is 10.0. The molecule has 1 aliphatic carbocycles. The van der Waals surface area contributed by atoms with Crippen LogP contribution >= 0.6 is 0 Å². The minimum absolute atomic E-state index is 0.0126. The normalized spacial score (nSPS) is 22.8. The van der Waals surface area contributed by atoms with E-state index in [4.69, 9.17) is 0 Å². The molecule has 0 spiro atoms. The van der Waals surface area contributed by atoms with E-state index in [0.29, 0.717) is 19.5 Å². The SMILES string of the molecule is Cn1cnc(S(=O)(=O)N2CCCN(S(=O)(=O)C3CCCCC3)CC2)c1. The number of hydrogen-bond acceptors (Lipinski definition) is 5. The van der Waals surface area contributed by atoms with Gasteiger partial charge in [0.25, 0.3) is 10.0 Å². The predicted octanol–water partition coefficient (Wildman–Crippen LogP) is 0.779. The molecule has 1 saturated carbocycles. The lowest BCUT2D eigenvalue weighted by molar-refractivity contribution is 0.387. The second kappa shape index (κ2) is 7.34. The second-order valence-electron chi connectivity index (χ2n) is 6.84. The summed E-state index contributed by atoms with van der Waals surface area (Å²) in [4.78, 5) is 3.94. The highest BCUT2D eigenvalue weighted by molar-refractivity contribution is 7.89. The Labute approximate surface area is 149 Å². The zero-order chi connectivity index (χ0) is 18.1. The molecule has 1 aliphatic heterocycles. The minimum atomic E-state index is -3.68. The topological polar surface area (TPSA) is 92.6 Å². The lowest BCUT2D eigenvalue weighted by Gasteiger charge is -2.28. The van der Waals surface area contributed by atoms with E-state index in [1.165, 1.54) is 21.1 Å². The molecular weight excluding hydrogens is 364 g/mol. The van der Waals surface area contributed by atoms with Crippen molar-refractivity contribution < 1.29 is 16.8 Å². The van der Waals surface area contributed by atoms with Crippen molar-refractivity contribution in [2.75, 3.05) is 26.2 Å². The van der Waals surface area contributed by atoms with Gasteiger partial charge in [-0.15, -0.1) is 0 Å². The molecule has 8 nitrogen and oxygen atoms in total. The monoisotopic (exact) mass is 390 g/mol. The third-order valence-electron chi connectivity index (χ3n) is 5.03. The Morgan fingerprint density at radius 1 is 0.920 bits per heavy atom. The summed E-state index contributed by atoms with van der Waals surface area (Å²) in [6.07, 6.45) is 7.86. The van der Waals surface area contributed by atoms with Gasteiger partial charge in [-0.05, 0) is 19.3 Å². The zero-order valence-corrected chi connectivity index (χ0v) is 16.2. The number of imidazole rings is 1. The van der Waals surface area contributed by atoms with Crippen LogP contribution in [0, 0.1) is 0 Å². The number of hydrogen-bond donors (Lipinski definition) is 0. The molecule has 0 unspecified atom stereocenters. The van der Waals surface area contributed by atoms with Crippen LogP contribution < -0.4 is 0 Å². The number of sulfonamides is 2. The summed E-state index contributed by atoms with van der Waals surface area (Å²) >= 11 is 0. The summed E-state index contributed by atoms with van der Waals surface area (Å²) in [5, 5.41) is -0.293. The van der Waals surface area contributed by atoms with Crippen LogP contribution in [0.15, 0.2) is 17.6 Å². The van der Waals surface area contributed by atoms with Crippen LogP contribution in [0.5, 0.6) is 0 Å². The molecule has 0 radical (unpaired) electrons. The van der Waals surface area contributed by atoms with E-state index in [0.717, 1.165) is 32.1 Å². The zero-order valence-electron chi connectivity index (χ0n) is 14.5. The molecule has 2 aliphatic rings. The number of nitrogens with zero attached hydrogens (tertiary/aromatic N) is 4. The summed E-state index contributed by atoms with van der Waals surface area (Å²) in [6, 6.07) is 0. The molecule has 1 aromatic heterocycles. The van der Waals surface area contributed by atoms with Crippen molar-refractivity contribution in [2.24, 2.45) is 7.05 Å². The predicted molar refractivity (Wildman–Crippen MR) is 93.9 cm³/mol. The van der Waals surface area contributed by atoms with Crippen LogP contribution in [0.25, 0.3) is 0 Å². The maximum absolute atomic E-state index is 12.9. The molecule has 3 rings (SSSR count). The van der Waals surface area contributed by atoms with E-state index in [1.807, 2.05) is 0 Å². The van der Waals surface area contributed by atoms with Crippen LogP contribution in [0.1, 0.15) is 38.5 Å². The van der Waals surface area contributed by atoms with E-state index in [2.05, 4.69) is 4.98 Å². The molecule has 0 bridgehead atoms. The highest BCUT2D eigenvalue weighted by atomic mass is 32.2. The Morgan fingerprint density at radius 2 is 1.56 bits per heavy atom. The first-order chi connectivity index (χ1) is 11.8. The molecule has 0 amide bonds. The van der Waals surface area contributed by atoms with Crippen LogP contribution in [0.2, 0.25) is 0 Å². The van der Waals surface area contributed by atoms with Crippen LogP contribution in [0.4, 0.5) is 0 Å². The standard InChI is InChI=1S/C15H26N4O4S2/c1-17-12-15(16-13-17)25(22,23)19-9-5-8-18(10-11-19)24(20,21)14-6-3-2-4-7-14/h12-14H,2-11H2,1H3. The molecular formula is C15H26N4O4S2. The Bertz CT molecular complexity index is 797. The van der Waals surface area contributed by atoms with E-state index in [-0.39, 0.29) is 23.4 Å². The molecule has 10 heteroatoms. The molecule has 25 heavy (non-hydrogen) atoms. The van der Waals surface area contributed by atoms with Gasteiger partial charge in [-0.2, -0.15) is 4.31 Å². The summed E-state index contributed by atoms with van der Waals surface area (Å²) in [5.41, 5.74) is 0. The van der Waals surface area contributed by atoms with Crippen molar-refractivity contribution >= 4 is 20.0 Å². The molecule has 142 valence electrons. The van der Waals surface area contributed by atoms with Gasteiger partial charge in [0.2, 0.25) is 10.0 Å². The average molecular weight is 391 g/mol. The number of aryl methyl sites for hydroxylation is 1. The molecule has 1 aromatic rings. The molecule has 0 N–H and O–H groups in total. The van der Waals surface area contributed by atoms with Gasteiger partial charge in [-0.25, -0.2) is 26.1 Å². The maximum Gasteiger partial charge on any atom is 0.262 e. The van der Waals surface area contributed by atoms with E-state index < -0.39 is 20.0 Å². The average Bonchev–Trinajstić information content (AvgIpc) is 2.88. The van der Waals surface area contributed by atoms with Crippen LogP contribution in [0.3, 0.4) is 0 Å². The molecule has 2 fully saturated rings. The van der Waals surface area contributed by atoms with Gasteiger partial charge in [0, 0.05) is 39.4 Å². The fourth-order valence-electron chi connectivity index (χ4n) is 3.59. The van der Waals surface area contributed by atoms with Gasteiger partial charge < -0.3 is 4.57 Å². The van der Waals surface area contributed by atoms with E-state index in [9.17, 15) is 16.8 Å². The van der Waals surface area contributed by atoms with Gasteiger partial charge in [-0.3, -0.25) is 0 Å². The highest BCUT2D eigenvalue weighted by Gasteiger charge is 2.36. The van der Waals surface area contributed by atoms with Crippen molar-refractivity contribution in [2.45, 2.75) is 48.8 Å². The van der Waals surface area contributed by atoms with Crippen molar-refractivity contribution in [1.82, 2.24) is 18.2 Å². The smallest absolute Gasteiger partial charge is 0.262 e. The maximum atomic E-state index is 12.9. The van der Waals surface area contributed by atoms with Gasteiger partial charge in [0.15, 0.2) is 5.03 Å². The second-order valence-corrected chi connectivity index (χ2v) is 10.9. The fraction of sp³-hybridized carbons (Fsp3) is 0.800. The van der Waals surface area contributed by atoms with Crippen LogP contribution in [-0.2, 0) is 27.1 Å². The Hall–Kier alpha value is -0.970. The summed E-state index contributed by atoms with van der Waals surface area (Å²) < 4.78 is 55.6. The first kappa shape index (κ1) is 18.8. The van der Waals surface area contributed by atoms with Crippen molar-refractivity contribution in [3.05, 3.63) is 12.5 Å². The van der Waals surface area contributed by atoms with Crippen LogP contribution in [-0.4, -0.2) is 66.4 Å². The molecule has 0 aromatic carbocycles. The lowest BCUT2D eigenvalue weighted by Crippen LogP contribution is -2.42. The third kappa shape index (κ3) is 3.91. The minimum Gasteiger partial charge on any atom is -0.339 e. The van der Waals surface area contributed by atoms with Gasteiger partial charge >= 0.3 is 0 Å². The quantitative estimate of drug-likeness (QED) is 0.757. The van der Waals surface area contributed by atoms with Crippen molar-refractivity contribution in [3.8, 4) is 0 Å². The summed E-state index contributed by atoms with van der Waals surface area (Å²) in [6.45, 7) is 1.08. The largest absolute Gasteiger partial charge is 0.339 e. The fourth-order valence-corrected chi connectivity index (χ4v) is 7.10. The molecule has 2 heterocycles. The van der Waals surface area contributed by atoms with Gasteiger partial charge in [-0.1, -0.05) is 19.3 Å². The Kier molecular flexibility index (Phi) is 5.52. The first-order valence-electron chi connectivity index (χ1n) is 8.79. The van der Waals surface area contributed by atoms with Gasteiger partial charge in [0.05, 0.1) is 11.6 Å². The van der Waals surface area contributed by atoms with E-state index in [1.54, 1.807) is 11.6 Å². The van der Waals surface area contributed by atoms with Gasteiger partial charge in [0.1, 0.15) is 0 Å². The molecule has 1 saturated heterocycles. The number of aromatic nitrogens is 2. The first-order valence-corrected chi connectivity index (χ1v) is 11.7. The van der Waals surface area contributed by atoms with Crippen molar-refractivity contribution in [3.63, 3.8) is 0 Å². The third-order valence-corrected chi connectivity index (χ3v) is 9.22.